The average Bonchev–Trinajstić information content (AvgIpc) is 3.14. The van der Waals surface area contributed by atoms with Crippen molar-refractivity contribution in [2.75, 3.05) is 26.2 Å². The maximum absolute atomic E-state index is 5.95. The molecule has 1 saturated carbocycles. The Morgan fingerprint density at radius 2 is 2.04 bits per heavy atom. The van der Waals surface area contributed by atoms with E-state index in [9.17, 15) is 0 Å². The summed E-state index contributed by atoms with van der Waals surface area (Å²) in [6.07, 6.45) is 4.01. The molecule has 4 atom stereocenters. The first-order valence-electron chi connectivity index (χ1n) is 11.0. The maximum atomic E-state index is 5.95. The Morgan fingerprint density at radius 3 is 2.82 bits per heavy atom. The Kier molecular flexibility index (Phi) is 5.93. The summed E-state index contributed by atoms with van der Waals surface area (Å²) < 4.78 is 5.95. The van der Waals surface area contributed by atoms with Crippen LogP contribution in [0.1, 0.15) is 45.6 Å². The fraction of sp³-hybridized carbons (Fsp3) is 0.696. The Balaban J connectivity index is 1.35. The molecule has 3 fully saturated rings. The number of nitrogens with one attached hydrogen (secondary N) is 2. The Hall–Kier alpha value is -1.59. The molecule has 2 N–H and O–H groups in total. The summed E-state index contributed by atoms with van der Waals surface area (Å²) in [5, 5.41) is 7.51. The molecule has 3 aliphatic rings. The molecule has 154 valence electrons. The Labute approximate surface area is 169 Å². The zero-order chi connectivity index (χ0) is 19.6. The third-order valence-electron chi connectivity index (χ3n) is 6.80. The molecule has 28 heavy (non-hydrogen) atoms. The second-order valence-corrected chi connectivity index (χ2v) is 9.21. The number of nitrogens with zero attached hydrogens (tertiary/aromatic N) is 2. The van der Waals surface area contributed by atoms with E-state index in [2.05, 4.69) is 66.6 Å². The van der Waals surface area contributed by atoms with Gasteiger partial charge in [-0.3, -0.25) is 9.89 Å². The lowest BCUT2D eigenvalue weighted by Gasteiger charge is -2.55. The van der Waals surface area contributed by atoms with E-state index in [1.165, 1.54) is 31.4 Å². The van der Waals surface area contributed by atoms with Crippen molar-refractivity contribution in [3.63, 3.8) is 0 Å². The first-order valence-corrected chi connectivity index (χ1v) is 11.0. The van der Waals surface area contributed by atoms with E-state index in [1.807, 2.05) is 0 Å². The molecule has 0 bridgehead atoms. The lowest BCUT2D eigenvalue weighted by molar-refractivity contribution is -0.106. The number of hydrogen-bond acceptors (Lipinski definition) is 3. The quantitative estimate of drug-likeness (QED) is 0.605. The SMILES string of the molecule is CCN=C(NC1CCCN(Cc2ccccc2)C1)NC1C2CCOC2C1(C)C. The normalized spacial score (nSPS) is 32.5. The number of piperidine rings is 1. The van der Waals surface area contributed by atoms with Gasteiger partial charge in [0.05, 0.1) is 6.10 Å². The molecule has 0 amide bonds. The predicted molar refractivity (Wildman–Crippen MR) is 114 cm³/mol. The summed E-state index contributed by atoms with van der Waals surface area (Å²) in [5.41, 5.74) is 1.57. The zero-order valence-electron chi connectivity index (χ0n) is 17.7. The van der Waals surface area contributed by atoms with Gasteiger partial charge in [0.25, 0.3) is 0 Å². The van der Waals surface area contributed by atoms with Crippen LogP contribution in [0.4, 0.5) is 0 Å². The predicted octanol–water partition coefficient (Wildman–Crippen LogP) is 3.02. The molecule has 0 radical (unpaired) electrons. The lowest BCUT2D eigenvalue weighted by atomic mass is 9.57. The minimum absolute atomic E-state index is 0.170. The van der Waals surface area contributed by atoms with E-state index in [-0.39, 0.29) is 5.41 Å². The number of rotatable bonds is 5. The molecule has 1 aromatic carbocycles. The van der Waals surface area contributed by atoms with Crippen molar-refractivity contribution in [1.82, 2.24) is 15.5 Å². The van der Waals surface area contributed by atoms with E-state index in [0.717, 1.165) is 32.2 Å². The zero-order valence-corrected chi connectivity index (χ0v) is 17.7. The number of hydrogen-bond donors (Lipinski definition) is 2. The monoisotopic (exact) mass is 384 g/mol. The van der Waals surface area contributed by atoms with Gasteiger partial charge in [-0.2, -0.15) is 0 Å². The van der Waals surface area contributed by atoms with E-state index in [4.69, 9.17) is 9.73 Å². The van der Waals surface area contributed by atoms with Crippen LogP contribution in [0, 0.1) is 11.3 Å². The summed E-state index contributed by atoms with van der Waals surface area (Å²) in [5.74, 6) is 1.61. The maximum Gasteiger partial charge on any atom is 0.191 e. The van der Waals surface area contributed by atoms with Crippen LogP contribution in [0.2, 0.25) is 0 Å². The highest BCUT2D eigenvalue weighted by Crippen LogP contribution is 2.52. The van der Waals surface area contributed by atoms with Crippen molar-refractivity contribution in [3.8, 4) is 0 Å². The van der Waals surface area contributed by atoms with Crippen LogP contribution in [0.3, 0.4) is 0 Å². The van der Waals surface area contributed by atoms with Gasteiger partial charge in [0.2, 0.25) is 0 Å². The van der Waals surface area contributed by atoms with E-state index < -0.39 is 0 Å². The lowest BCUT2D eigenvalue weighted by Crippen LogP contribution is -2.68. The van der Waals surface area contributed by atoms with Gasteiger partial charge in [-0.1, -0.05) is 44.2 Å². The van der Waals surface area contributed by atoms with Gasteiger partial charge in [-0.05, 0) is 38.3 Å². The number of fused-ring (bicyclic) bond motifs is 1. The summed E-state index contributed by atoms with van der Waals surface area (Å²) in [7, 11) is 0. The highest BCUT2D eigenvalue weighted by Gasteiger charge is 2.59. The van der Waals surface area contributed by atoms with Crippen molar-refractivity contribution < 1.29 is 4.74 Å². The molecule has 5 nitrogen and oxygen atoms in total. The number of benzene rings is 1. The summed E-state index contributed by atoms with van der Waals surface area (Å²) in [4.78, 5) is 7.33. The van der Waals surface area contributed by atoms with Crippen molar-refractivity contribution in [3.05, 3.63) is 35.9 Å². The largest absolute Gasteiger partial charge is 0.377 e. The summed E-state index contributed by atoms with van der Waals surface area (Å²) in [6.45, 7) is 11.7. The van der Waals surface area contributed by atoms with Crippen LogP contribution in [0.25, 0.3) is 0 Å². The molecule has 2 heterocycles. The number of likely N-dealkylation sites (tertiary alicyclic amines) is 1. The highest BCUT2D eigenvalue weighted by atomic mass is 16.5. The van der Waals surface area contributed by atoms with Crippen LogP contribution < -0.4 is 10.6 Å². The summed E-state index contributed by atoms with van der Waals surface area (Å²) >= 11 is 0. The molecular weight excluding hydrogens is 348 g/mol. The van der Waals surface area contributed by atoms with Gasteiger partial charge >= 0.3 is 0 Å². The van der Waals surface area contributed by atoms with Gasteiger partial charge in [-0.15, -0.1) is 0 Å². The topological polar surface area (TPSA) is 48.9 Å². The van der Waals surface area contributed by atoms with E-state index in [1.54, 1.807) is 0 Å². The molecule has 5 heteroatoms. The van der Waals surface area contributed by atoms with Gasteiger partial charge in [0, 0.05) is 49.7 Å². The molecule has 4 rings (SSSR count). The molecule has 0 spiro atoms. The molecule has 2 aliphatic heterocycles. The highest BCUT2D eigenvalue weighted by molar-refractivity contribution is 5.80. The van der Waals surface area contributed by atoms with Crippen LogP contribution >= 0.6 is 0 Å². The second kappa shape index (κ2) is 8.42. The molecule has 1 aliphatic carbocycles. The Morgan fingerprint density at radius 1 is 1.21 bits per heavy atom. The molecule has 0 aromatic heterocycles. The average molecular weight is 385 g/mol. The second-order valence-electron chi connectivity index (χ2n) is 9.21. The fourth-order valence-corrected chi connectivity index (χ4v) is 5.41. The molecule has 2 saturated heterocycles. The van der Waals surface area contributed by atoms with Gasteiger partial charge in [0.15, 0.2) is 5.96 Å². The smallest absolute Gasteiger partial charge is 0.191 e. The first kappa shape index (κ1) is 19.7. The van der Waals surface area contributed by atoms with Gasteiger partial charge < -0.3 is 15.4 Å². The van der Waals surface area contributed by atoms with Crippen molar-refractivity contribution in [2.45, 2.75) is 64.8 Å². The molecule has 4 unspecified atom stereocenters. The standard InChI is InChI=1S/C23H36N4O/c1-4-24-22(26-20-19-12-14-28-21(19)23(20,2)3)25-18-11-8-13-27(16-18)15-17-9-6-5-7-10-17/h5-7,9-10,18-21H,4,8,11-16H2,1-3H3,(H2,24,25,26). The number of ether oxygens (including phenoxy) is 1. The minimum atomic E-state index is 0.170. The third kappa shape index (κ3) is 4.06. The third-order valence-corrected chi connectivity index (χ3v) is 6.80. The van der Waals surface area contributed by atoms with Crippen LogP contribution in [-0.4, -0.2) is 55.3 Å². The van der Waals surface area contributed by atoms with Crippen molar-refractivity contribution in [1.29, 1.82) is 0 Å². The minimum Gasteiger partial charge on any atom is -0.377 e. The molecule has 1 aromatic rings. The van der Waals surface area contributed by atoms with Gasteiger partial charge in [0.1, 0.15) is 0 Å². The fourth-order valence-electron chi connectivity index (χ4n) is 5.41. The van der Waals surface area contributed by atoms with Crippen LogP contribution in [0.5, 0.6) is 0 Å². The number of aliphatic imine (C=N–C) groups is 1. The van der Waals surface area contributed by atoms with Crippen LogP contribution in [-0.2, 0) is 11.3 Å². The van der Waals surface area contributed by atoms with E-state index >= 15 is 0 Å². The Bertz CT molecular complexity index is 674. The van der Waals surface area contributed by atoms with Gasteiger partial charge in [-0.25, -0.2) is 0 Å². The van der Waals surface area contributed by atoms with Crippen molar-refractivity contribution in [2.24, 2.45) is 16.3 Å². The molecular formula is C23H36N4O. The number of guanidine groups is 1. The van der Waals surface area contributed by atoms with Crippen LogP contribution in [0.15, 0.2) is 35.3 Å². The summed E-state index contributed by atoms with van der Waals surface area (Å²) in [6, 6.07) is 11.7. The van der Waals surface area contributed by atoms with E-state index in [0.29, 0.717) is 24.1 Å². The van der Waals surface area contributed by atoms with Crippen molar-refractivity contribution >= 4 is 5.96 Å². The first-order chi connectivity index (χ1) is 13.6.